The van der Waals surface area contributed by atoms with E-state index in [2.05, 4.69) is 26.1 Å². The third-order valence-electron chi connectivity index (χ3n) is 2.98. The molecule has 0 spiro atoms. The van der Waals surface area contributed by atoms with Gasteiger partial charge in [-0.1, -0.05) is 25.7 Å². The summed E-state index contributed by atoms with van der Waals surface area (Å²) in [6.07, 6.45) is 6.88. The van der Waals surface area contributed by atoms with Crippen molar-refractivity contribution in [2.75, 3.05) is 6.54 Å². The van der Waals surface area contributed by atoms with Crippen LogP contribution in [0.1, 0.15) is 59.3 Å². The highest BCUT2D eigenvalue weighted by Gasteiger charge is 2.28. The maximum Gasteiger partial charge on any atom is 0.0771 e. The summed E-state index contributed by atoms with van der Waals surface area (Å²) in [6, 6.07) is 0. The third-order valence-corrected chi connectivity index (χ3v) is 2.98. The molecule has 0 radical (unpaired) electrons. The van der Waals surface area contributed by atoms with Crippen LogP contribution in [0.25, 0.3) is 0 Å². The van der Waals surface area contributed by atoms with E-state index in [1.165, 1.54) is 25.7 Å². The summed E-state index contributed by atoms with van der Waals surface area (Å²) in [4.78, 5) is 0. The van der Waals surface area contributed by atoms with Gasteiger partial charge in [0.15, 0.2) is 0 Å². The second-order valence-electron chi connectivity index (χ2n) is 5.74. The molecule has 0 bridgehead atoms. The van der Waals surface area contributed by atoms with E-state index in [1.54, 1.807) is 0 Å². The Morgan fingerprint density at radius 3 is 2.00 bits per heavy atom. The van der Waals surface area contributed by atoms with Crippen LogP contribution in [0, 0.1) is 0 Å². The standard InChI is InChI=1S/C12H25NO/c1-11(2,3)13-10-12(14)8-6-4-5-7-9-12/h13-14H,4-10H2,1-3H3. The topological polar surface area (TPSA) is 32.3 Å². The van der Waals surface area contributed by atoms with Crippen LogP contribution in [0.2, 0.25) is 0 Å². The third kappa shape index (κ3) is 4.43. The lowest BCUT2D eigenvalue weighted by Gasteiger charge is -2.31. The van der Waals surface area contributed by atoms with Gasteiger partial charge in [-0.3, -0.25) is 0 Å². The van der Waals surface area contributed by atoms with Crippen molar-refractivity contribution < 1.29 is 5.11 Å². The van der Waals surface area contributed by atoms with Crippen LogP contribution in [0.3, 0.4) is 0 Å². The molecule has 0 aromatic heterocycles. The van der Waals surface area contributed by atoms with Gasteiger partial charge >= 0.3 is 0 Å². The fourth-order valence-corrected chi connectivity index (χ4v) is 1.99. The molecule has 14 heavy (non-hydrogen) atoms. The average Bonchev–Trinajstić information content (AvgIpc) is 2.27. The number of β-amino-alcohol motifs (C(OH)–C–C–N with tert-alkyl or cyclic N) is 1. The van der Waals surface area contributed by atoms with Gasteiger partial charge in [0.2, 0.25) is 0 Å². The zero-order valence-corrected chi connectivity index (χ0v) is 9.90. The lowest BCUT2D eigenvalue weighted by atomic mass is 9.93. The first kappa shape index (κ1) is 12.0. The van der Waals surface area contributed by atoms with Crippen LogP contribution >= 0.6 is 0 Å². The van der Waals surface area contributed by atoms with Gasteiger partial charge in [-0.25, -0.2) is 0 Å². The van der Waals surface area contributed by atoms with Crippen molar-refractivity contribution in [3.8, 4) is 0 Å². The number of aliphatic hydroxyl groups is 1. The molecule has 1 fully saturated rings. The molecular formula is C12H25NO. The second-order valence-corrected chi connectivity index (χ2v) is 5.74. The van der Waals surface area contributed by atoms with Gasteiger partial charge in [0, 0.05) is 12.1 Å². The number of rotatable bonds is 2. The molecule has 0 aliphatic heterocycles. The Morgan fingerprint density at radius 1 is 1.07 bits per heavy atom. The zero-order valence-electron chi connectivity index (χ0n) is 9.90. The number of hydrogen-bond acceptors (Lipinski definition) is 2. The van der Waals surface area contributed by atoms with Crippen molar-refractivity contribution in [1.29, 1.82) is 0 Å². The van der Waals surface area contributed by atoms with Crippen LogP contribution < -0.4 is 5.32 Å². The zero-order chi connectivity index (χ0) is 10.7. The molecule has 1 aliphatic rings. The summed E-state index contributed by atoms with van der Waals surface area (Å²) in [5.74, 6) is 0. The van der Waals surface area contributed by atoms with E-state index < -0.39 is 5.60 Å². The average molecular weight is 199 g/mol. The SMILES string of the molecule is CC(C)(C)NCC1(O)CCCCCC1. The first-order valence-corrected chi connectivity index (χ1v) is 5.89. The lowest BCUT2D eigenvalue weighted by molar-refractivity contribution is 0.0198. The summed E-state index contributed by atoms with van der Waals surface area (Å²) >= 11 is 0. The van der Waals surface area contributed by atoms with E-state index in [0.717, 1.165) is 19.4 Å². The van der Waals surface area contributed by atoms with E-state index in [0.29, 0.717) is 0 Å². The van der Waals surface area contributed by atoms with Crippen molar-refractivity contribution in [2.45, 2.75) is 70.4 Å². The summed E-state index contributed by atoms with van der Waals surface area (Å²) in [7, 11) is 0. The Balaban J connectivity index is 2.39. The molecule has 1 saturated carbocycles. The molecule has 2 N–H and O–H groups in total. The van der Waals surface area contributed by atoms with Gasteiger partial charge in [-0.05, 0) is 33.6 Å². The molecule has 0 unspecified atom stereocenters. The summed E-state index contributed by atoms with van der Waals surface area (Å²) in [5, 5.41) is 13.8. The smallest absolute Gasteiger partial charge is 0.0771 e. The Kier molecular flexibility index (Phi) is 3.96. The number of nitrogens with one attached hydrogen (secondary N) is 1. The highest BCUT2D eigenvalue weighted by Crippen LogP contribution is 2.26. The van der Waals surface area contributed by atoms with Crippen molar-refractivity contribution in [2.24, 2.45) is 0 Å². The fourth-order valence-electron chi connectivity index (χ4n) is 1.99. The predicted octanol–water partition coefficient (Wildman–Crippen LogP) is 2.46. The lowest BCUT2D eigenvalue weighted by Crippen LogP contribution is -2.47. The minimum Gasteiger partial charge on any atom is -0.389 e. The van der Waals surface area contributed by atoms with Crippen molar-refractivity contribution in [3.05, 3.63) is 0 Å². The van der Waals surface area contributed by atoms with Gasteiger partial charge in [0.05, 0.1) is 5.60 Å². The molecule has 1 rings (SSSR count). The molecule has 0 aromatic rings. The van der Waals surface area contributed by atoms with E-state index in [-0.39, 0.29) is 5.54 Å². The Morgan fingerprint density at radius 2 is 1.57 bits per heavy atom. The molecule has 2 nitrogen and oxygen atoms in total. The largest absolute Gasteiger partial charge is 0.389 e. The van der Waals surface area contributed by atoms with Crippen LogP contribution in [0.4, 0.5) is 0 Å². The van der Waals surface area contributed by atoms with Crippen LogP contribution in [-0.4, -0.2) is 22.8 Å². The van der Waals surface area contributed by atoms with Gasteiger partial charge in [-0.15, -0.1) is 0 Å². The maximum atomic E-state index is 10.4. The van der Waals surface area contributed by atoms with E-state index >= 15 is 0 Å². The van der Waals surface area contributed by atoms with E-state index in [9.17, 15) is 5.11 Å². The Labute approximate surface area is 88.1 Å². The highest BCUT2D eigenvalue weighted by molar-refractivity contribution is 4.86. The van der Waals surface area contributed by atoms with Crippen molar-refractivity contribution in [1.82, 2.24) is 5.32 Å². The molecule has 2 heteroatoms. The molecule has 0 atom stereocenters. The monoisotopic (exact) mass is 199 g/mol. The van der Waals surface area contributed by atoms with Crippen molar-refractivity contribution in [3.63, 3.8) is 0 Å². The quantitative estimate of drug-likeness (QED) is 0.670. The first-order chi connectivity index (χ1) is 6.41. The van der Waals surface area contributed by atoms with E-state index in [4.69, 9.17) is 0 Å². The van der Waals surface area contributed by atoms with Crippen LogP contribution in [0.5, 0.6) is 0 Å². The van der Waals surface area contributed by atoms with Crippen LogP contribution in [0.15, 0.2) is 0 Å². The second kappa shape index (κ2) is 4.63. The van der Waals surface area contributed by atoms with Crippen molar-refractivity contribution >= 4 is 0 Å². The summed E-state index contributed by atoms with van der Waals surface area (Å²) < 4.78 is 0. The predicted molar refractivity (Wildman–Crippen MR) is 60.4 cm³/mol. The van der Waals surface area contributed by atoms with Gasteiger partial charge < -0.3 is 10.4 Å². The minimum atomic E-state index is -0.441. The molecule has 0 aromatic carbocycles. The molecular weight excluding hydrogens is 174 g/mol. The summed E-state index contributed by atoms with van der Waals surface area (Å²) in [6.45, 7) is 7.18. The van der Waals surface area contributed by atoms with E-state index in [1.807, 2.05) is 0 Å². The van der Waals surface area contributed by atoms with Crippen LogP contribution in [-0.2, 0) is 0 Å². The molecule has 0 amide bonds. The minimum absolute atomic E-state index is 0.113. The molecule has 1 aliphatic carbocycles. The fraction of sp³-hybridized carbons (Fsp3) is 1.00. The van der Waals surface area contributed by atoms with Gasteiger partial charge in [0.25, 0.3) is 0 Å². The highest BCUT2D eigenvalue weighted by atomic mass is 16.3. The summed E-state index contributed by atoms with van der Waals surface area (Å²) in [5.41, 5.74) is -0.328. The number of hydrogen-bond donors (Lipinski definition) is 2. The maximum absolute atomic E-state index is 10.4. The molecule has 84 valence electrons. The van der Waals surface area contributed by atoms with Gasteiger partial charge in [0.1, 0.15) is 0 Å². The first-order valence-electron chi connectivity index (χ1n) is 5.89. The normalized spacial score (nSPS) is 23.1. The Hall–Kier alpha value is -0.0800. The molecule has 0 heterocycles. The van der Waals surface area contributed by atoms with Gasteiger partial charge in [-0.2, -0.15) is 0 Å². The molecule has 0 saturated heterocycles. The Bertz CT molecular complexity index is 164.